The van der Waals surface area contributed by atoms with Crippen molar-refractivity contribution in [3.63, 3.8) is 0 Å². The number of nitrogens with zero attached hydrogens (tertiary/aromatic N) is 2. The van der Waals surface area contributed by atoms with Crippen molar-refractivity contribution in [3.05, 3.63) is 42.5 Å². The maximum absolute atomic E-state index is 11.9. The summed E-state index contributed by atoms with van der Waals surface area (Å²) >= 11 is 0. The molecule has 21 heavy (non-hydrogen) atoms. The molecular weight excluding hydrogens is 268 g/mol. The van der Waals surface area contributed by atoms with Crippen LogP contribution in [0.25, 0.3) is 0 Å². The van der Waals surface area contributed by atoms with Crippen molar-refractivity contribution in [1.82, 2.24) is 4.57 Å². The van der Waals surface area contributed by atoms with Gasteiger partial charge in [0.05, 0.1) is 24.0 Å². The van der Waals surface area contributed by atoms with Gasteiger partial charge in [-0.3, -0.25) is 0 Å². The summed E-state index contributed by atoms with van der Waals surface area (Å²) in [5.74, 6) is -0.360. The van der Waals surface area contributed by atoms with Crippen LogP contribution < -0.4 is 15.6 Å². The van der Waals surface area contributed by atoms with Crippen LogP contribution in [0.4, 0.5) is 11.4 Å². The molecule has 2 aromatic rings. The minimum absolute atomic E-state index is 0.322. The quantitative estimate of drug-likeness (QED) is 0.476. The monoisotopic (exact) mass is 289 g/mol. The van der Waals surface area contributed by atoms with Crippen LogP contribution in [0.1, 0.15) is 17.3 Å². The van der Waals surface area contributed by atoms with Gasteiger partial charge >= 0.3 is 5.97 Å². The molecule has 3 N–H and O–H groups in total. The van der Waals surface area contributed by atoms with Gasteiger partial charge in [-0.1, -0.05) is 0 Å². The second-order valence-electron chi connectivity index (χ2n) is 4.79. The Morgan fingerprint density at radius 1 is 1.48 bits per heavy atom. The van der Waals surface area contributed by atoms with Gasteiger partial charge in [-0.05, 0) is 25.1 Å². The second-order valence-corrected chi connectivity index (χ2v) is 4.79. The molecule has 0 aliphatic rings. The number of ether oxygens (including phenoxy) is 1. The van der Waals surface area contributed by atoms with Gasteiger partial charge in [0, 0.05) is 6.54 Å². The van der Waals surface area contributed by atoms with Gasteiger partial charge < -0.3 is 15.8 Å². The molecule has 0 saturated heterocycles. The van der Waals surface area contributed by atoms with Gasteiger partial charge in [0.15, 0.2) is 0 Å². The van der Waals surface area contributed by atoms with Gasteiger partial charge in [0.1, 0.15) is 25.5 Å². The third kappa shape index (κ3) is 3.98. The Balaban J connectivity index is 1.89. The Hall–Kier alpha value is -2.50. The first kappa shape index (κ1) is 14.9. The van der Waals surface area contributed by atoms with Crippen molar-refractivity contribution in [2.75, 3.05) is 24.2 Å². The predicted molar refractivity (Wildman–Crippen MR) is 80.9 cm³/mol. The number of carbonyl (C=O) groups excluding carboxylic acids is 1. The molecule has 0 atom stereocenters. The SMILES string of the molecule is CCNc1ccc(C(=O)OCCn2cc[n+](C)c2)cc1N. The molecule has 6 heteroatoms. The Bertz CT molecular complexity index is 622. The summed E-state index contributed by atoms with van der Waals surface area (Å²) in [5.41, 5.74) is 7.73. The van der Waals surface area contributed by atoms with Crippen LogP contribution in [-0.4, -0.2) is 23.7 Å². The lowest BCUT2D eigenvalue weighted by molar-refractivity contribution is -0.671. The minimum Gasteiger partial charge on any atom is -0.458 e. The van der Waals surface area contributed by atoms with Crippen molar-refractivity contribution < 1.29 is 14.1 Å². The van der Waals surface area contributed by atoms with Crippen molar-refractivity contribution >= 4 is 17.3 Å². The number of nitrogen functional groups attached to an aromatic ring is 1. The molecule has 0 aliphatic heterocycles. The zero-order valence-electron chi connectivity index (χ0n) is 12.4. The van der Waals surface area contributed by atoms with E-state index in [1.54, 1.807) is 18.2 Å². The van der Waals surface area contributed by atoms with Gasteiger partial charge in [0.25, 0.3) is 0 Å². The molecule has 0 amide bonds. The molecular formula is C15H21N4O2+. The zero-order chi connectivity index (χ0) is 15.2. The molecule has 1 aromatic carbocycles. The second kappa shape index (κ2) is 6.78. The van der Waals surface area contributed by atoms with Crippen LogP contribution in [0.15, 0.2) is 36.9 Å². The smallest absolute Gasteiger partial charge is 0.338 e. The van der Waals surface area contributed by atoms with Crippen molar-refractivity contribution in [2.24, 2.45) is 7.05 Å². The van der Waals surface area contributed by atoms with Crippen LogP contribution in [0.5, 0.6) is 0 Å². The number of nitrogens with one attached hydrogen (secondary N) is 1. The highest BCUT2D eigenvalue weighted by molar-refractivity contribution is 5.91. The molecule has 0 bridgehead atoms. The van der Waals surface area contributed by atoms with Crippen LogP contribution in [0.3, 0.4) is 0 Å². The number of imidazole rings is 1. The van der Waals surface area contributed by atoms with E-state index in [4.69, 9.17) is 10.5 Å². The lowest BCUT2D eigenvalue weighted by Gasteiger charge is -2.09. The maximum atomic E-state index is 11.9. The molecule has 0 saturated carbocycles. The molecule has 1 heterocycles. The molecule has 0 radical (unpaired) electrons. The fraction of sp³-hybridized carbons (Fsp3) is 0.333. The van der Waals surface area contributed by atoms with E-state index in [0.29, 0.717) is 24.4 Å². The number of rotatable bonds is 6. The lowest BCUT2D eigenvalue weighted by atomic mass is 10.1. The van der Waals surface area contributed by atoms with E-state index >= 15 is 0 Å². The van der Waals surface area contributed by atoms with Crippen molar-refractivity contribution in [3.8, 4) is 0 Å². The average molecular weight is 289 g/mol. The number of anilines is 2. The highest BCUT2D eigenvalue weighted by atomic mass is 16.5. The maximum Gasteiger partial charge on any atom is 0.338 e. The van der Waals surface area contributed by atoms with E-state index in [-0.39, 0.29) is 5.97 Å². The number of benzene rings is 1. The predicted octanol–water partition coefficient (Wildman–Crippen LogP) is 1.18. The number of aryl methyl sites for hydroxylation is 1. The Kier molecular flexibility index (Phi) is 4.81. The van der Waals surface area contributed by atoms with Crippen molar-refractivity contribution in [2.45, 2.75) is 13.5 Å². The largest absolute Gasteiger partial charge is 0.458 e. The Labute approximate surface area is 124 Å². The van der Waals surface area contributed by atoms with E-state index in [1.165, 1.54) is 0 Å². The number of aromatic nitrogens is 2. The van der Waals surface area contributed by atoms with Gasteiger partial charge in [-0.15, -0.1) is 0 Å². The van der Waals surface area contributed by atoms with E-state index < -0.39 is 0 Å². The average Bonchev–Trinajstić information content (AvgIpc) is 2.87. The van der Waals surface area contributed by atoms with Gasteiger partial charge in [-0.25, -0.2) is 13.9 Å². The van der Waals surface area contributed by atoms with Gasteiger partial charge in [0.2, 0.25) is 6.33 Å². The number of esters is 1. The summed E-state index contributed by atoms with van der Waals surface area (Å²) in [6.45, 7) is 3.71. The first-order valence-electron chi connectivity index (χ1n) is 6.91. The molecule has 6 nitrogen and oxygen atoms in total. The lowest BCUT2D eigenvalue weighted by Crippen LogP contribution is -2.24. The fourth-order valence-electron chi connectivity index (χ4n) is 2.00. The van der Waals surface area contributed by atoms with Gasteiger partial charge in [-0.2, -0.15) is 0 Å². The summed E-state index contributed by atoms with van der Waals surface area (Å²) < 4.78 is 9.14. The molecule has 1 aromatic heterocycles. The normalized spacial score (nSPS) is 10.4. The summed E-state index contributed by atoms with van der Waals surface area (Å²) in [5, 5.41) is 3.13. The summed E-state index contributed by atoms with van der Waals surface area (Å²) in [6.07, 6.45) is 5.79. The Morgan fingerprint density at radius 2 is 2.29 bits per heavy atom. The standard InChI is InChI=1S/C15H20N4O2/c1-3-17-14-5-4-12(10-13(14)16)15(20)21-9-8-19-7-6-18(2)11-19/h4-7,10-11H,3,8-9,16H2,1-2H3/p+1. The molecule has 0 unspecified atom stereocenters. The third-order valence-electron chi connectivity index (χ3n) is 3.06. The highest BCUT2D eigenvalue weighted by Gasteiger charge is 2.10. The fourth-order valence-corrected chi connectivity index (χ4v) is 2.00. The molecule has 0 aliphatic carbocycles. The van der Waals surface area contributed by atoms with Crippen LogP contribution >= 0.6 is 0 Å². The summed E-state index contributed by atoms with van der Waals surface area (Å²) in [7, 11) is 1.94. The minimum atomic E-state index is -0.360. The first-order valence-corrected chi connectivity index (χ1v) is 6.91. The molecule has 0 fully saturated rings. The highest BCUT2D eigenvalue weighted by Crippen LogP contribution is 2.20. The van der Waals surface area contributed by atoms with Crippen LogP contribution in [0.2, 0.25) is 0 Å². The molecule has 112 valence electrons. The third-order valence-corrected chi connectivity index (χ3v) is 3.06. The molecule has 0 spiro atoms. The summed E-state index contributed by atoms with van der Waals surface area (Å²) in [4.78, 5) is 11.9. The van der Waals surface area contributed by atoms with E-state index in [0.717, 1.165) is 12.2 Å². The zero-order valence-corrected chi connectivity index (χ0v) is 12.4. The number of nitrogens with two attached hydrogens (primary N) is 1. The van der Waals surface area contributed by atoms with E-state index in [2.05, 4.69) is 5.32 Å². The van der Waals surface area contributed by atoms with Crippen LogP contribution in [-0.2, 0) is 18.3 Å². The summed E-state index contributed by atoms with van der Waals surface area (Å²) in [6, 6.07) is 5.14. The first-order chi connectivity index (χ1) is 10.1. The van der Waals surface area contributed by atoms with Crippen molar-refractivity contribution in [1.29, 1.82) is 0 Å². The van der Waals surface area contributed by atoms with E-state index in [1.807, 2.05) is 41.8 Å². The molecule has 2 rings (SSSR count). The number of hydrogen-bond donors (Lipinski definition) is 2. The topological polar surface area (TPSA) is 73.2 Å². The van der Waals surface area contributed by atoms with Crippen LogP contribution in [0, 0.1) is 0 Å². The Morgan fingerprint density at radius 3 is 2.90 bits per heavy atom. The van der Waals surface area contributed by atoms with E-state index in [9.17, 15) is 4.79 Å². The number of carbonyl (C=O) groups is 1. The number of hydrogen-bond acceptors (Lipinski definition) is 4.